The fraction of sp³-hybridized carbons (Fsp3) is 0.675. The van der Waals surface area contributed by atoms with Crippen molar-refractivity contribution < 1.29 is 27.6 Å². The van der Waals surface area contributed by atoms with E-state index in [1.54, 1.807) is 0 Å². The monoisotopic (exact) mass is 747 g/mol. The second-order valence-corrected chi connectivity index (χ2v) is 16.3. The van der Waals surface area contributed by atoms with E-state index in [0.717, 1.165) is 76.3 Å². The average molecular weight is 748 g/mol. The van der Waals surface area contributed by atoms with Crippen molar-refractivity contribution in [2.45, 2.75) is 95.8 Å². The number of benzene rings is 2. The largest absolute Gasteiger partial charge is 0.491 e. The molecule has 0 spiro atoms. The summed E-state index contributed by atoms with van der Waals surface area (Å²) >= 11 is 4.64. The van der Waals surface area contributed by atoms with Gasteiger partial charge in [-0.05, 0) is 92.5 Å². The maximum Gasteiger partial charge on any atom is 0.263 e. The van der Waals surface area contributed by atoms with E-state index in [4.69, 9.17) is 14.2 Å². The first kappa shape index (κ1) is 40.0. The average Bonchev–Trinajstić information content (AvgIpc) is 3.32. The Kier molecular flexibility index (Phi) is 15.5. The molecule has 2 N–H and O–H groups in total. The molecule has 4 heterocycles. The molecule has 1 saturated carbocycles. The quantitative estimate of drug-likeness (QED) is 0.315. The number of carbonyl (C=O) groups is 1. The highest BCUT2D eigenvalue weighted by Gasteiger charge is 2.43. The van der Waals surface area contributed by atoms with Crippen LogP contribution in [0.3, 0.4) is 0 Å². The third-order valence-electron chi connectivity index (χ3n) is 11.4. The van der Waals surface area contributed by atoms with Gasteiger partial charge in [-0.1, -0.05) is 51.0 Å². The molecule has 2 saturated heterocycles. The summed E-state index contributed by atoms with van der Waals surface area (Å²) in [6, 6.07) is 14.5. The Morgan fingerprint density at radius 2 is 1.71 bits per heavy atom. The molecule has 4 aliphatic heterocycles. The lowest BCUT2D eigenvalue weighted by molar-refractivity contribution is -0.224. The van der Waals surface area contributed by atoms with Crippen LogP contribution in [0, 0.1) is 23.7 Å². The highest BCUT2D eigenvalue weighted by atomic mass is 35.5. The zero-order chi connectivity index (χ0) is 36.3. The Morgan fingerprint density at radius 3 is 2.37 bits per heavy atom. The SMILES string of the molecule is CCCc1ccccc1C1COc2ccc3cc2N(C1)CC1CCC1C(C1OCCCO1)CCCC(C)C(C)S(=O)NC3=O.CCl.FC1CNC1. The van der Waals surface area contributed by atoms with Gasteiger partial charge in [0.05, 0.1) is 30.8 Å². The van der Waals surface area contributed by atoms with E-state index < -0.39 is 17.2 Å². The van der Waals surface area contributed by atoms with E-state index in [9.17, 15) is 13.4 Å². The van der Waals surface area contributed by atoms with E-state index in [2.05, 4.69) is 64.7 Å². The summed E-state index contributed by atoms with van der Waals surface area (Å²) < 4.78 is 46.6. The summed E-state index contributed by atoms with van der Waals surface area (Å²) in [7, 11) is -1.48. The predicted octanol–water partition coefficient (Wildman–Crippen LogP) is 7.41. The number of hydrogen-bond donors (Lipinski definition) is 2. The van der Waals surface area contributed by atoms with Gasteiger partial charge < -0.3 is 24.4 Å². The number of alkyl halides is 2. The summed E-state index contributed by atoms with van der Waals surface area (Å²) in [4.78, 5) is 15.9. The second kappa shape index (κ2) is 19.7. The van der Waals surface area contributed by atoms with Crippen molar-refractivity contribution >= 4 is 34.2 Å². The number of anilines is 1. The van der Waals surface area contributed by atoms with Crippen molar-refractivity contribution in [1.29, 1.82) is 0 Å². The van der Waals surface area contributed by atoms with Gasteiger partial charge in [-0.2, -0.15) is 0 Å². The zero-order valence-corrected chi connectivity index (χ0v) is 32.5. The third kappa shape index (κ3) is 10.3. The van der Waals surface area contributed by atoms with Crippen LogP contribution in [0.4, 0.5) is 10.1 Å². The zero-order valence-electron chi connectivity index (χ0n) is 30.9. The van der Waals surface area contributed by atoms with Gasteiger partial charge in [-0.3, -0.25) is 9.52 Å². The van der Waals surface area contributed by atoms with Crippen molar-refractivity contribution in [3.63, 3.8) is 0 Å². The summed E-state index contributed by atoms with van der Waals surface area (Å²) in [6.45, 7) is 11.4. The molecule has 1 amide bonds. The lowest BCUT2D eigenvalue weighted by Gasteiger charge is -2.47. The molecule has 7 atom stereocenters. The molecule has 5 aliphatic rings. The van der Waals surface area contributed by atoms with Crippen LogP contribution in [0.2, 0.25) is 0 Å². The molecule has 8 nitrogen and oxygen atoms in total. The van der Waals surface area contributed by atoms with Gasteiger partial charge in [-0.25, -0.2) is 8.60 Å². The minimum Gasteiger partial charge on any atom is -0.491 e. The molecular weight excluding hydrogens is 689 g/mol. The van der Waals surface area contributed by atoms with Crippen molar-refractivity contribution in [3.05, 3.63) is 59.2 Å². The van der Waals surface area contributed by atoms with E-state index in [-0.39, 0.29) is 29.3 Å². The number of rotatable bonds is 4. The smallest absolute Gasteiger partial charge is 0.263 e. The van der Waals surface area contributed by atoms with Gasteiger partial charge in [0.15, 0.2) is 6.29 Å². The number of hydrogen-bond acceptors (Lipinski definition) is 7. The first-order valence-electron chi connectivity index (χ1n) is 19.1. The van der Waals surface area contributed by atoms with E-state index >= 15 is 0 Å². The summed E-state index contributed by atoms with van der Waals surface area (Å²) in [5, 5.41) is 2.64. The predicted molar refractivity (Wildman–Crippen MR) is 205 cm³/mol. The molecule has 3 fully saturated rings. The van der Waals surface area contributed by atoms with E-state index in [1.165, 1.54) is 30.4 Å². The van der Waals surface area contributed by atoms with Crippen molar-refractivity contribution in [3.8, 4) is 5.75 Å². The summed E-state index contributed by atoms with van der Waals surface area (Å²) in [5.74, 6) is 2.34. The van der Waals surface area contributed by atoms with Crippen LogP contribution < -0.4 is 19.7 Å². The van der Waals surface area contributed by atoms with Crippen molar-refractivity contribution in [1.82, 2.24) is 10.0 Å². The molecule has 7 rings (SSSR count). The van der Waals surface area contributed by atoms with Gasteiger partial charge in [-0.15, -0.1) is 11.6 Å². The number of ether oxygens (including phenoxy) is 3. The van der Waals surface area contributed by atoms with Crippen molar-refractivity contribution in [2.75, 3.05) is 57.3 Å². The number of halogens is 2. The van der Waals surface area contributed by atoms with Crippen molar-refractivity contribution in [2.24, 2.45) is 23.7 Å². The van der Waals surface area contributed by atoms with Crippen LogP contribution in [0.25, 0.3) is 0 Å². The summed E-state index contributed by atoms with van der Waals surface area (Å²) in [6.07, 6.45) is 9.30. The van der Waals surface area contributed by atoms with Crippen LogP contribution in [0.5, 0.6) is 5.75 Å². The minimum atomic E-state index is -1.48. The van der Waals surface area contributed by atoms with Gasteiger partial charge in [0, 0.05) is 50.0 Å². The fourth-order valence-corrected chi connectivity index (χ4v) is 9.06. The molecule has 11 heteroatoms. The summed E-state index contributed by atoms with van der Waals surface area (Å²) in [5.41, 5.74) is 4.23. The Bertz CT molecular complexity index is 1430. The Morgan fingerprint density at radius 1 is 0.961 bits per heavy atom. The number of nitrogens with one attached hydrogen (secondary N) is 2. The first-order valence-corrected chi connectivity index (χ1v) is 21.1. The van der Waals surface area contributed by atoms with Crippen LogP contribution in [0.1, 0.15) is 93.1 Å². The Labute approximate surface area is 312 Å². The number of aryl methyl sites for hydroxylation is 1. The van der Waals surface area contributed by atoms with E-state index in [0.29, 0.717) is 43.0 Å². The molecule has 2 aromatic carbocycles. The molecule has 0 radical (unpaired) electrons. The van der Waals surface area contributed by atoms with Gasteiger partial charge >= 0.3 is 0 Å². The molecule has 1 aliphatic carbocycles. The second-order valence-electron chi connectivity index (χ2n) is 14.8. The number of carbonyl (C=O) groups excluding carboxylic acids is 1. The maximum atomic E-state index is 13.4. The lowest BCUT2D eigenvalue weighted by Crippen LogP contribution is -2.47. The number of fused-ring (bicyclic) bond motifs is 2. The molecule has 2 bridgehead atoms. The first-order chi connectivity index (χ1) is 24.8. The van der Waals surface area contributed by atoms with E-state index in [1.807, 2.05) is 25.1 Å². The van der Waals surface area contributed by atoms with Crippen LogP contribution >= 0.6 is 11.6 Å². The Hall–Kier alpha value is -2.24. The molecular formula is C40H59ClFN3O5S. The van der Waals surface area contributed by atoms with Gasteiger partial charge in [0.1, 0.15) is 22.9 Å². The van der Waals surface area contributed by atoms with Gasteiger partial charge in [0.25, 0.3) is 5.91 Å². The highest BCUT2D eigenvalue weighted by Crippen LogP contribution is 2.47. The molecule has 0 aromatic heterocycles. The van der Waals surface area contributed by atoms with Crippen LogP contribution in [-0.4, -0.2) is 80.2 Å². The van der Waals surface area contributed by atoms with Crippen LogP contribution in [0.15, 0.2) is 42.5 Å². The minimum absolute atomic E-state index is 0.142. The molecule has 7 unspecified atom stereocenters. The highest BCUT2D eigenvalue weighted by molar-refractivity contribution is 7.84. The molecule has 51 heavy (non-hydrogen) atoms. The molecule has 284 valence electrons. The fourth-order valence-electron chi connectivity index (χ4n) is 8.02. The van der Waals surface area contributed by atoms with Gasteiger partial charge in [0.2, 0.25) is 0 Å². The lowest BCUT2D eigenvalue weighted by atomic mass is 9.65. The Balaban J connectivity index is 0.000000654. The number of nitrogens with zero attached hydrogens (tertiary/aromatic N) is 1. The standard InChI is InChI=1S/C36H50N2O5S.C3H6FN.CH3Cl/c1-4-9-26-11-5-6-12-30(26)29-22-38-21-28-14-16-31(28)32(36-41-18-8-19-42-36)13-7-10-24(2)25(3)44(40)37-35(39)27-15-17-34(43-23-29)33(38)20-27;4-3-1-5-2-3;1-2/h5-6,11-12,15,17,20,24-25,28-29,31-32,36H,4,7-10,13-14,16,18-19,21-23H2,1-3H3,(H,37,39);3,5H,1-2H2;1H3. The normalized spacial score (nSPS) is 30.3. The topological polar surface area (TPSA) is 89.1 Å². The number of amides is 1. The van der Waals surface area contributed by atoms with Crippen LogP contribution in [-0.2, 0) is 26.9 Å². The third-order valence-corrected chi connectivity index (χ3v) is 12.9. The molecule has 2 aromatic rings. The maximum absolute atomic E-state index is 13.4.